The van der Waals surface area contributed by atoms with Crippen LogP contribution in [0.2, 0.25) is 0 Å². The van der Waals surface area contributed by atoms with Crippen molar-refractivity contribution in [3.8, 4) is 5.75 Å². The van der Waals surface area contributed by atoms with E-state index in [0.717, 1.165) is 5.56 Å². The molecule has 1 amide bonds. The van der Waals surface area contributed by atoms with Crippen LogP contribution >= 0.6 is 0 Å². The van der Waals surface area contributed by atoms with Gasteiger partial charge in [0.05, 0.1) is 23.1 Å². The van der Waals surface area contributed by atoms with Gasteiger partial charge in [-0.3, -0.25) is 9.52 Å². The molecular weight excluding hydrogens is 430 g/mol. The summed E-state index contributed by atoms with van der Waals surface area (Å²) < 4.78 is 34.3. The molecule has 0 aliphatic carbocycles. The highest BCUT2D eigenvalue weighted by atomic mass is 32.2. The van der Waals surface area contributed by atoms with E-state index in [1.807, 2.05) is 20.9 Å². The number of hydrogen-bond acceptors (Lipinski definition) is 6. The number of carbonyl (C=O) groups is 1. The number of nitrogens with one attached hydrogen (secondary N) is 2. The van der Waals surface area contributed by atoms with Crippen molar-refractivity contribution in [3.63, 3.8) is 0 Å². The van der Waals surface area contributed by atoms with E-state index in [2.05, 4.69) is 10.0 Å². The summed E-state index contributed by atoms with van der Waals surface area (Å²) in [6.07, 6.45) is -0.199. The maximum atomic E-state index is 13.4. The number of benzene rings is 2. The zero-order chi connectivity index (χ0) is 23.5. The quantitative estimate of drug-likeness (QED) is 0.584. The first kappa shape index (κ1) is 24.0. The van der Waals surface area contributed by atoms with Gasteiger partial charge in [0.15, 0.2) is 0 Å². The highest BCUT2D eigenvalue weighted by Gasteiger charge is 2.33. The van der Waals surface area contributed by atoms with Gasteiger partial charge in [-0.05, 0) is 51.2 Å². The highest BCUT2D eigenvalue weighted by Crippen LogP contribution is 2.31. The van der Waals surface area contributed by atoms with Crippen LogP contribution in [0.5, 0.6) is 5.75 Å². The van der Waals surface area contributed by atoms with E-state index in [1.54, 1.807) is 36.1 Å². The highest BCUT2D eigenvalue weighted by molar-refractivity contribution is 7.92. The molecule has 0 unspecified atom stereocenters. The van der Waals surface area contributed by atoms with Crippen molar-refractivity contribution >= 4 is 21.6 Å². The molecule has 2 aromatic rings. The Morgan fingerprint density at radius 1 is 1.22 bits per heavy atom. The fourth-order valence-electron chi connectivity index (χ4n) is 3.66. The van der Waals surface area contributed by atoms with Crippen molar-refractivity contribution in [2.45, 2.75) is 37.8 Å². The Kier molecular flexibility index (Phi) is 7.43. The predicted molar refractivity (Wildman–Crippen MR) is 124 cm³/mol. The maximum absolute atomic E-state index is 13.4. The molecule has 174 valence electrons. The van der Waals surface area contributed by atoms with Crippen LogP contribution in [-0.2, 0) is 10.0 Å². The van der Waals surface area contributed by atoms with Gasteiger partial charge in [-0.15, -0.1) is 0 Å². The SMILES string of the molecule is CNC[C@H]1Oc2ccc(NS(=O)(=O)c3ccc(C)cc3)cc2C(=O)N([C@H](C)CO)C[C@H]1C. The van der Waals surface area contributed by atoms with Crippen LogP contribution in [0.4, 0.5) is 5.69 Å². The Bertz CT molecular complexity index is 1060. The molecule has 0 spiro atoms. The number of hydrogen-bond donors (Lipinski definition) is 3. The van der Waals surface area contributed by atoms with Gasteiger partial charge in [0, 0.05) is 24.7 Å². The molecule has 1 heterocycles. The zero-order valence-electron chi connectivity index (χ0n) is 18.8. The second-order valence-corrected chi connectivity index (χ2v) is 9.99. The van der Waals surface area contributed by atoms with Crippen LogP contribution in [0.15, 0.2) is 47.4 Å². The Hall–Kier alpha value is -2.62. The number of fused-ring (bicyclic) bond motifs is 1. The molecule has 32 heavy (non-hydrogen) atoms. The molecule has 1 aliphatic heterocycles. The molecule has 3 rings (SSSR count). The van der Waals surface area contributed by atoms with Crippen LogP contribution in [0.1, 0.15) is 29.8 Å². The summed E-state index contributed by atoms with van der Waals surface area (Å²) in [6.45, 7) is 6.48. The van der Waals surface area contributed by atoms with E-state index in [1.165, 1.54) is 18.2 Å². The van der Waals surface area contributed by atoms with Gasteiger partial charge in [-0.25, -0.2) is 8.42 Å². The first-order chi connectivity index (χ1) is 15.2. The fraction of sp³-hybridized carbons (Fsp3) is 0.435. The van der Waals surface area contributed by atoms with E-state index >= 15 is 0 Å². The third-order valence-electron chi connectivity index (χ3n) is 5.65. The summed E-state index contributed by atoms with van der Waals surface area (Å²) in [4.78, 5) is 15.1. The lowest BCUT2D eigenvalue weighted by Crippen LogP contribution is -2.49. The van der Waals surface area contributed by atoms with Crippen LogP contribution < -0.4 is 14.8 Å². The second kappa shape index (κ2) is 9.89. The Morgan fingerprint density at radius 2 is 1.91 bits per heavy atom. The number of aliphatic hydroxyl groups excluding tert-OH is 1. The Morgan fingerprint density at radius 3 is 2.53 bits per heavy atom. The van der Waals surface area contributed by atoms with Gasteiger partial charge in [-0.1, -0.05) is 24.6 Å². The molecule has 3 atom stereocenters. The lowest BCUT2D eigenvalue weighted by Gasteiger charge is -2.37. The van der Waals surface area contributed by atoms with Gasteiger partial charge in [-0.2, -0.15) is 0 Å². The van der Waals surface area contributed by atoms with E-state index < -0.39 is 10.0 Å². The topological polar surface area (TPSA) is 108 Å². The lowest BCUT2D eigenvalue weighted by atomic mass is 9.99. The standard InChI is InChI=1S/C23H31N3O5S/c1-15-5-8-19(9-6-15)32(29,30)25-18-7-10-21-20(11-18)23(28)26(17(3)14-27)13-16(2)22(31-21)12-24-4/h5-11,16-17,22,24-25,27H,12-14H2,1-4H3/t16-,17-,22-/m1/s1. The van der Waals surface area contributed by atoms with Crippen molar-refractivity contribution in [1.29, 1.82) is 0 Å². The molecule has 1 aliphatic rings. The molecular formula is C23H31N3O5S. The van der Waals surface area contributed by atoms with Gasteiger partial charge in [0.25, 0.3) is 15.9 Å². The number of carbonyl (C=O) groups excluding carboxylic acids is 1. The van der Waals surface area contributed by atoms with Crippen LogP contribution in [-0.4, -0.2) is 63.2 Å². The van der Waals surface area contributed by atoms with Crippen LogP contribution in [0, 0.1) is 12.8 Å². The molecule has 8 nitrogen and oxygen atoms in total. The predicted octanol–water partition coefficient (Wildman–Crippen LogP) is 2.24. The van der Waals surface area contributed by atoms with Crippen molar-refractivity contribution in [3.05, 3.63) is 53.6 Å². The average molecular weight is 462 g/mol. The number of anilines is 1. The largest absolute Gasteiger partial charge is 0.488 e. The Balaban J connectivity index is 1.99. The van der Waals surface area contributed by atoms with E-state index in [4.69, 9.17) is 4.74 Å². The number of likely N-dealkylation sites (N-methyl/N-ethyl adjacent to an activating group) is 1. The van der Waals surface area contributed by atoms with Crippen molar-refractivity contribution in [1.82, 2.24) is 10.2 Å². The average Bonchev–Trinajstić information content (AvgIpc) is 2.76. The molecule has 0 radical (unpaired) electrons. The number of aryl methyl sites for hydroxylation is 1. The maximum Gasteiger partial charge on any atom is 0.261 e. The lowest BCUT2D eigenvalue weighted by molar-refractivity contribution is 0.0416. The molecule has 0 bridgehead atoms. The summed E-state index contributed by atoms with van der Waals surface area (Å²) in [5.41, 5.74) is 1.47. The minimum absolute atomic E-state index is 0.0215. The van der Waals surface area contributed by atoms with Crippen LogP contribution in [0.25, 0.3) is 0 Å². The smallest absolute Gasteiger partial charge is 0.261 e. The zero-order valence-corrected chi connectivity index (χ0v) is 19.6. The molecule has 0 aromatic heterocycles. The molecule has 2 aromatic carbocycles. The number of nitrogens with zero attached hydrogens (tertiary/aromatic N) is 1. The molecule has 0 saturated heterocycles. The number of amides is 1. The molecule has 9 heteroatoms. The minimum Gasteiger partial charge on any atom is -0.488 e. The second-order valence-electron chi connectivity index (χ2n) is 8.31. The van der Waals surface area contributed by atoms with E-state index in [0.29, 0.717) is 18.8 Å². The van der Waals surface area contributed by atoms with Crippen LogP contribution in [0.3, 0.4) is 0 Å². The monoisotopic (exact) mass is 461 g/mol. The number of aliphatic hydroxyl groups is 1. The van der Waals surface area contributed by atoms with Crippen molar-refractivity contribution < 1.29 is 23.1 Å². The number of rotatable bonds is 7. The van der Waals surface area contributed by atoms with Gasteiger partial charge >= 0.3 is 0 Å². The molecule has 0 fully saturated rings. The summed E-state index contributed by atoms with van der Waals surface area (Å²) >= 11 is 0. The minimum atomic E-state index is -3.82. The van der Waals surface area contributed by atoms with Gasteiger partial charge in [0.1, 0.15) is 11.9 Å². The first-order valence-corrected chi connectivity index (χ1v) is 12.1. The van der Waals surface area contributed by atoms with E-state index in [-0.39, 0.29) is 46.7 Å². The van der Waals surface area contributed by atoms with Gasteiger partial charge in [0.2, 0.25) is 0 Å². The third kappa shape index (κ3) is 5.23. The molecule has 0 saturated carbocycles. The van der Waals surface area contributed by atoms with Crippen molar-refractivity contribution in [2.24, 2.45) is 5.92 Å². The Labute approximate surface area is 189 Å². The summed E-state index contributed by atoms with van der Waals surface area (Å²) in [5, 5.41) is 12.8. The number of ether oxygens (including phenoxy) is 1. The first-order valence-electron chi connectivity index (χ1n) is 10.6. The fourth-order valence-corrected chi connectivity index (χ4v) is 4.71. The normalized spacial score (nSPS) is 20.0. The summed E-state index contributed by atoms with van der Waals surface area (Å²) in [5.74, 6) is 0.0937. The van der Waals surface area contributed by atoms with E-state index in [9.17, 15) is 18.3 Å². The van der Waals surface area contributed by atoms with Gasteiger partial charge < -0.3 is 20.1 Å². The summed E-state index contributed by atoms with van der Waals surface area (Å²) in [6, 6.07) is 10.8. The number of sulfonamides is 1. The summed E-state index contributed by atoms with van der Waals surface area (Å²) in [7, 11) is -1.99. The third-order valence-corrected chi connectivity index (χ3v) is 7.05. The van der Waals surface area contributed by atoms with Crippen molar-refractivity contribution in [2.75, 3.05) is 31.5 Å². The molecule has 3 N–H and O–H groups in total.